The lowest BCUT2D eigenvalue weighted by atomic mass is 10.0. The average Bonchev–Trinajstić information content (AvgIpc) is 3.18. The summed E-state index contributed by atoms with van der Waals surface area (Å²) < 4.78 is 14.0. The fourth-order valence-corrected chi connectivity index (χ4v) is 4.30. The predicted molar refractivity (Wildman–Crippen MR) is 127 cm³/mol. The fourth-order valence-electron chi connectivity index (χ4n) is 4.30. The highest BCUT2D eigenvalue weighted by atomic mass is 19.1. The van der Waals surface area contributed by atoms with Gasteiger partial charge in [-0.2, -0.15) is 0 Å². The van der Waals surface area contributed by atoms with Gasteiger partial charge in [-0.05, 0) is 70.6 Å². The van der Waals surface area contributed by atoms with Crippen molar-refractivity contribution in [3.8, 4) is 0 Å². The number of carbonyl (C=O) groups is 2. The number of likely N-dealkylation sites (N-methyl/N-ethyl adjacent to an activating group) is 1. The van der Waals surface area contributed by atoms with Gasteiger partial charge in [0.2, 0.25) is 0 Å². The van der Waals surface area contributed by atoms with Crippen LogP contribution >= 0.6 is 0 Å². The van der Waals surface area contributed by atoms with Crippen LogP contribution in [-0.2, 0) is 4.79 Å². The molecule has 7 heteroatoms. The number of hydrogen-bond acceptors (Lipinski definition) is 3. The van der Waals surface area contributed by atoms with Crippen LogP contribution in [0.25, 0.3) is 11.6 Å². The normalized spacial score (nSPS) is 14.7. The number of anilines is 1. The van der Waals surface area contributed by atoms with Crippen molar-refractivity contribution >= 4 is 29.2 Å². The average molecular weight is 441 g/mol. The molecule has 1 aliphatic heterocycles. The van der Waals surface area contributed by atoms with E-state index in [1.165, 1.54) is 12.1 Å². The van der Waals surface area contributed by atoms with Crippen molar-refractivity contribution in [2.24, 2.45) is 0 Å². The Balaban J connectivity index is 1.91. The highest BCUT2D eigenvalue weighted by Crippen LogP contribution is 2.39. The van der Waals surface area contributed by atoms with Crippen LogP contribution in [-0.4, -0.2) is 53.9 Å². The van der Waals surface area contributed by atoms with Crippen LogP contribution in [0, 0.1) is 19.7 Å². The minimum Gasteiger partial charge on any atom is -0.358 e. The molecule has 0 saturated carbocycles. The van der Waals surface area contributed by atoms with E-state index in [0.29, 0.717) is 34.6 Å². The second-order valence-electron chi connectivity index (χ2n) is 8.43. The highest BCUT2D eigenvalue weighted by molar-refractivity contribution is 6.36. The van der Waals surface area contributed by atoms with Gasteiger partial charge >= 0.3 is 0 Å². The van der Waals surface area contributed by atoms with Gasteiger partial charge in [-0.1, -0.05) is 13.8 Å². The van der Waals surface area contributed by atoms with Crippen LogP contribution in [0.3, 0.4) is 0 Å². The predicted octanol–water partition coefficient (Wildman–Crippen LogP) is 4.14. The number of benzene rings is 1. The maximum absolute atomic E-state index is 14.0. The van der Waals surface area contributed by atoms with Crippen LogP contribution in [0.1, 0.15) is 60.6 Å². The zero-order chi connectivity index (χ0) is 23.6. The van der Waals surface area contributed by atoms with Crippen molar-refractivity contribution in [3.05, 3.63) is 52.1 Å². The van der Waals surface area contributed by atoms with Crippen molar-refractivity contribution in [1.29, 1.82) is 0 Å². The molecule has 3 rings (SSSR count). The molecule has 1 aromatic carbocycles. The lowest BCUT2D eigenvalue weighted by molar-refractivity contribution is -0.113. The van der Waals surface area contributed by atoms with E-state index in [1.807, 2.05) is 27.7 Å². The number of aryl methyl sites for hydroxylation is 1. The van der Waals surface area contributed by atoms with Crippen LogP contribution in [0.2, 0.25) is 0 Å². The van der Waals surface area contributed by atoms with E-state index in [9.17, 15) is 14.0 Å². The summed E-state index contributed by atoms with van der Waals surface area (Å²) in [6, 6.07) is 4.35. The van der Waals surface area contributed by atoms with Crippen LogP contribution < -0.4 is 10.2 Å². The number of aromatic nitrogens is 1. The Morgan fingerprint density at radius 1 is 1.25 bits per heavy atom. The highest BCUT2D eigenvalue weighted by Gasteiger charge is 2.34. The van der Waals surface area contributed by atoms with E-state index in [-0.39, 0.29) is 23.7 Å². The number of rotatable bonds is 8. The molecule has 0 aliphatic carbocycles. The minimum atomic E-state index is -0.388. The molecule has 0 saturated heterocycles. The Kier molecular flexibility index (Phi) is 7.19. The molecule has 172 valence electrons. The van der Waals surface area contributed by atoms with Crippen molar-refractivity contribution in [3.63, 3.8) is 0 Å². The lowest BCUT2D eigenvalue weighted by Gasteiger charge is -2.21. The Morgan fingerprint density at radius 2 is 1.94 bits per heavy atom. The Hall–Kier alpha value is -2.93. The molecule has 0 fully saturated rings. The van der Waals surface area contributed by atoms with Crippen molar-refractivity contribution in [1.82, 2.24) is 15.2 Å². The smallest absolute Gasteiger partial charge is 0.259 e. The number of H-pyrrole nitrogens is 1. The van der Waals surface area contributed by atoms with Gasteiger partial charge in [-0.25, -0.2) is 4.39 Å². The maximum Gasteiger partial charge on any atom is 0.259 e. The third kappa shape index (κ3) is 4.48. The van der Waals surface area contributed by atoms with Gasteiger partial charge in [0.05, 0.1) is 16.8 Å². The molecule has 2 N–H and O–H groups in total. The molecule has 2 aromatic rings. The summed E-state index contributed by atoms with van der Waals surface area (Å²) in [6.45, 7) is 15.0. The van der Waals surface area contributed by atoms with Crippen molar-refractivity contribution < 1.29 is 14.0 Å². The summed E-state index contributed by atoms with van der Waals surface area (Å²) in [5, 5.41) is 2.99. The third-order valence-corrected chi connectivity index (χ3v) is 6.07. The largest absolute Gasteiger partial charge is 0.358 e. The molecule has 32 heavy (non-hydrogen) atoms. The van der Waals surface area contributed by atoms with Crippen LogP contribution in [0.5, 0.6) is 0 Å². The number of nitrogens with one attached hydrogen (secondary N) is 2. The topological polar surface area (TPSA) is 68.4 Å². The molecule has 0 bridgehead atoms. The van der Waals surface area contributed by atoms with Gasteiger partial charge in [0.25, 0.3) is 11.8 Å². The molecule has 6 nitrogen and oxygen atoms in total. The van der Waals surface area contributed by atoms with Crippen LogP contribution in [0.4, 0.5) is 10.1 Å². The summed E-state index contributed by atoms with van der Waals surface area (Å²) in [7, 11) is 0. The lowest BCUT2D eigenvalue weighted by Crippen LogP contribution is -2.35. The molecule has 0 unspecified atom stereocenters. The first-order valence-electron chi connectivity index (χ1n) is 11.2. The number of amides is 2. The minimum absolute atomic E-state index is 0.0590. The first kappa shape index (κ1) is 23.7. The van der Waals surface area contributed by atoms with Crippen molar-refractivity contribution in [2.45, 2.75) is 47.6 Å². The molecule has 2 amide bonds. The fraction of sp³-hybridized carbons (Fsp3) is 0.440. The Bertz CT molecular complexity index is 1050. The third-order valence-electron chi connectivity index (χ3n) is 6.07. The number of carbonyl (C=O) groups excluding carboxylic acids is 2. The van der Waals surface area contributed by atoms with Gasteiger partial charge in [-0.3, -0.25) is 9.59 Å². The molecule has 0 spiro atoms. The Labute approximate surface area is 189 Å². The quantitative estimate of drug-likeness (QED) is 0.607. The summed E-state index contributed by atoms with van der Waals surface area (Å²) in [5.41, 5.74) is 4.46. The van der Waals surface area contributed by atoms with Crippen molar-refractivity contribution in [2.75, 3.05) is 31.1 Å². The number of halogens is 1. The first-order valence-corrected chi connectivity index (χ1v) is 11.2. The maximum atomic E-state index is 14.0. The summed E-state index contributed by atoms with van der Waals surface area (Å²) in [5.74, 6) is -0.695. The van der Waals surface area contributed by atoms with Gasteiger partial charge in [0.15, 0.2) is 0 Å². The molecule has 1 aromatic heterocycles. The molecule has 1 aliphatic rings. The van der Waals surface area contributed by atoms with Gasteiger partial charge < -0.3 is 20.1 Å². The number of fused-ring (bicyclic) bond motifs is 1. The van der Waals surface area contributed by atoms with E-state index in [1.54, 1.807) is 17.0 Å². The van der Waals surface area contributed by atoms with Gasteiger partial charge in [0.1, 0.15) is 5.82 Å². The Morgan fingerprint density at radius 3 is 2.56 bits per heavy atom. The molecule has 0 radical (unpaired) electrons. The number of aromatic amines is 1. The van der Waals surface area contributed by atoms with Gasteiger partial charge in [0, 0.05) is 36.1 Å². The van der Waals surface area contributed by atoms with E-state index >= 15 is 0 Å². The molecule has 0 atom stereocenters. The molecular formula is C25H33FN4O2. The second-order valence-corrected chi connectivity index (χ2v) is 8.43. The SMILES string of the molecule is CCN(CC)CCNC(=O)c1c(C)[nH]c(/C=C2\C(=O)N(C(C)C)c3ccc(F)cc32)c1C. The second kappa shape index (κ2) is 9.69. The van der Waals surface area contributed by atoms with Crippen LogP contribution in [0.15, 0.2) is 18.2 Å². The number of hydrogen-bond donors (Lipinski definition) is 2. The zero-order valence-electron chi connectivity index (χ0n) is 19.8. The van der Waals surface area contributed by atoms with E-state index in [2.05, 4.69) is 29.0 Å². The summed E-state index contributed by atoms with van der Waals surface area (Å²) in [4.78, 5) is 33.2. The zero-order valence-corrected chi connectivity index (χ0v) is 19.8. The van der Waals surface area contributed by atoms with E-state index in [0.717, 1.165) is 30.9 Å². The monoisotopic (exact) mass is 440 g/mol. The summed E-state index contributed by atoms with van der Waals surface area (Å²) in [6.07, 6.45) is 1.73. The van der Waals surface area contributed by atoms with Gasteiger partial charge in [-0.15, -0.1) is 0 Å². The number of nitrogens with zero attached hydrogens (tertiary/aromatic N) is 2. The van der Waals surface area contributed by atoms with E-state index in [4.69, 9.17) is 0 Å². The standard InChI is InChI=1S/C25H33FN4O2/c1-7-29(8-2)12-11-27-24(31)23-16(5)21(28-17(23)6)14-20-19-13-18(26)9-10-22(19)30(15(3)4)25(20)32/h9-10,13-15,28H,7-8,11-12H2,1-6H3,(H,27,31)/b20-14-. The summed E-state index contributed by atoms with van der Waals surface area (Å²) >= 11 is 0. The molecular weight excluding hydrogens is 407 g/mol. The first-order chi connectivity index (χ1) is 15.2. The van der Waals surface area contributed by atoms with E-state index < -0.39 is 0 Å². The molecule has 2 heterocycles.